The molecule has 1 rings (SSSR count). The lowest BCUT2D eigenvalue weighted by Crippen LogP contribution is -2.40. The third-order valence-corrected chi connectivity index (χ3v) is 2.62. The predicted octanol–water partition coefficient (Wildman–Crippen LogP) is 1.58. The minimum absolute atomic E-state index is 0.00610. The van der Waals surface area contributed by atoms with Crippen molar-refractivity contribution < 1.29 is 14.3 Å². The van der Waals surface area contributed by atoms with Gasteiger partial charge < -0.3 is 20.5 Å². The summed E-state index contributed by atoms with van der Waals surface area (Å²) in [5.74, 6) is 0.482. The summed E-state index contributed by atoms with van der Waals surface area (Å²) in [6.45, 7) is 2.58. The van der Waals surface area contributed by atoms with E-state index in [1.807, 2.05) is 0 Å². The summed E-state index contributed by atoms with van der Waals surface area (Å²) in [5.41, 5.74) is 6.23. The SMILES string of the molecule is CCCC(COC)NC(=O)COc1ccc(N)cc1. The molecule has 0 saturated heterocycles. The molecule has 3 N–H and O–H groups in total. The number of methoxy groups -OCH3 is 1. The van der Waals surface area contributed by atoms with Gasteiger partial charge in [-0.3, -0.25) is 4.79 Å². The molecule has 19 heavy (non-hydrogen) atoms. The maximum Gasteiger partial charge on any atom is 0.258 e. The molecule has 0 aliphatic carbocycles. The van der Waals surface area contributed by atoms with Gasteiger partial charge in [0.1, 0.15) is 5.75 Å². The summed E-state index contributed by atoms with van der Waals surface area (Å²) in [7, 11) is 1.62. The molecule has 0 aromatic heterocycles. The smallest absolute Gasteiger partial charge is 0.258 e. The summed E-state index contributed by atoms with van der Waals surface area (Å²) in [6.07, 6.45) is 1.88. The third-order valence-electron chi connectivity index (χ3n) is 2.62. The van der Waals surface area contributed by atoms with Gasteiger partial charge in [-0.1, -0.05) is 13.3 Å². The van der Waals surface area contributed by atoms with Gasteiger partial charge in [-0.05, 0) is 30.7 Å². The van der Waals surface area contributed by atoms with E-state index < -0.39 is 0 Å². The Morgan fingerprint density at radius 3 is 2.63 bits per heavy atom. The molecular formula is C14H22N2O3. The number of nitrogen functional groups attached to an aromatic ring is 1. The van der Waals surface area contributed by atoms with E-state index in [4.69, 9.17) is 15.2 Å². The van der Waals surface area contributed by atoms with Crippen molar-refractivity contribution in [3.05, 3.63) is 24.3 Å². The standard InChI is InChI=1S/C14H22N2O3/c1-3-4-12(9-18-2)16-14(17)10-19-13-7-5-11(15)6-8-13/h5-8,12H,3-4,9-10,15H2,1-2H3,(H,16,17). The van der Waals surface area contributed by atoms with Crippen LogP contribution in [0.5, 0.6) is 5.75 Å². The first-order valence-electron chi connectivity index (χ1n) is 6.42. The lowest BCUT2D eigenvalue weighted by molar-refractivity contribution is -0.124. The normalized spacial score (nSPS) is 11.9. The van der Waals surface area contributed by atoms with Gasteiger partial charge in [0.25, 0.3) is 5.91 Å². The van der Waals surface area contributed by atoms with Gasteiger partial charge in [0, 0.05) is 12.8 Å². The van der Waals surface area contributed by atoms with Crippen LogP contribution in [-0.4, -0.2) is 32.3 Å². The molecule has 1 atom stereocenters. The van der Waals surface area contributed by atoms with Crippen molar-refractivity contribution in [2.24, 2.45) is 0 Å². The van der Waals surface area contributed by atoms with Crippen LogP contribution in [-0.2, 0) is 9.53 Å². The molecule has 0 bridgehead atoms. The molecule has 0 saturated carbocycles. The van der Waals surface area contributed by atoms with Crippen LogP contribution in [0.15, 0.2) is 24.3 Å². The number of amides is 1. The summed E-state index contributed by atoms with van der Waals surface area (Å²) >= 11 is 0. The van der Waals surface area contributed by atoms with Crippen molar-refractivity contribution in [1.29, 1.82) is 0 Å². The Hall–Kier alpha value is -1.75. The van der Waals surface area contributed by atoms with Gasteiger partial charge in [-0.15, -0.1) is 0 Å². The van der Waals surface area contributed by atoms with E-state index in [0.29, 0.717) is 18.0 Å². The minimum atomic E-state index is -0.146. The second kappa shape index (κ2) is 8.37. The van der Waals surface area contributed by atoms with Crippen molar-refractivity contribution in [1.82, 2.24) is 5.32 Å². The molecule has 0 radical (unpaired) electrons. The highest BCUT2D eigenvalue weighted by atomic mass is 16.5. The second-order valence-corrected chi connectivity index (χ2v) is 4.37. The molecule has 0 aliphatic heterocycles. The molecule has 1 amide bonds. The van der Waals surface area contributed by atoms with E-state index in [9.17, 15) is 4.79 Å². The number of hydrogen-bond donors (Lipinski definition) is 2. The Morgan fingerprint density at radius 1 is 1.37 bits per heavy atom. The third kappa shape index (κ3) is 6.10. The molecule has 0 spiro atoms. The van der Waals surface area contributed by atoms with Crippen LogP contribution in [0.1, 0.15) is 19.8 Å². The second-order valence-electron chi connectivity index (χ2n) is 4.37. The fourth-order valence-corrected chi connectivity index (χ4v) is 1.73. The van der Waals surface area contributed by atoms with Gasteiger partial charge in [-0.2, -0.15) is 0 Å². The highest BCUT2D eigenvalue weighted by Gasteiger charge is 2.11. The zero-order valence-electron chi connectivity index (χ0n) is 11.5. The highest BCUT2D eigenvalue weighted by molar-refractivity contribution is 5.77. The van der Waals surface area contributed by atoms with Gasteiger partial charge in [-0.25, -0.2) is 0 Å². The number of nitrogens with two attached hydrogens (primary N) is 1. The van der Waals surface area contributed by atoms with Crippen LogP contribution in [0.4, 0.5) is 5.69 Å². The Balaban J connectivity index is 2.35. The summed E-state index contributed by atoms with van der Waals surface area (Å²) < 4.78 is 10.4. The van der Waals surface area contributed by atoms with Crippen LogP contribution in [0.25, 0.3) is 0 Å². The van der Waals surface area contributed by atoms with E-state index in [2.05, 4.69) is 12.2 Å². The van der Waals surface area contributed by atoms with Crippen molar-refractivity contribution in [2.45, 2.75) is 25.8 Å². The van der Waals surface area contributed by atoms with E-state index in [1.54, 1.807) is 31.4 Å². The maximum atomic E-state index is 11.7. The quantitative estimate of drug-likeness (QED) is 0.701. The fourth-order valence-electron chi connectivity index (χ4n) is 1.73. The number of rotatable bonds is 8. The van der Waals surface area contributed by atoms with E-state index >= 15 is 0 Å². The van der Waals surface area contributed by atoms with Crippen LogP contribution in [0.3, 0.4) is 0 Å². The van der Waals surface area contributed by atoms with Gasteiger partial charge in [0.2, 0.25) is 0 Å². The number of carbonyl (C=O) groups is 1. The Kier molecular flexibility index (Phi) is 6.74. The first-order valence-corrected chi connectivity index (χ1v) is 6.42. The average molecular weight is 266 g/mol. The molecule has 5 nitrogen and oxygen atoms in total. The number of nitrogens with one attached hydrogen (secondary N) is 1. The lowest BCUT2D eigenvalue weighted by Gasteiger charge is -2.17. The molecule has 0 fully saturated rings. The highest BCUT2D eigenvalue weighted by Crippen LogP contribution is 2.12. The monoisotopic (exact) mass is 266 g/mol. The molecule has 5 heteroatoms. The van der Waals surface area contributed by atoms with Crippen molar-refractivity contribution in [2.75, 3.05) is 26.1 Å². The van der Waals surface area contributed by atoms with Gasteiger partial charge in [0.05, 0.1) is 12.6 Å². The van der Waals surface area contributed by atoms with Crippen LogP contribution < -0.4 is 15.8 Å². The Bertz CT molecular complexity index is 373. The largest absolute Gasteiger partial charge is 0.484 e. The van der Waals surface area contributed by atoms with E-state index in [-0.39, 0.29) is 18.6 Å². The zero-order valence-corrected chi connectivity index (χ0v) is 11.5. The zero-order chi connectivity index (χ0) is 14.1. The van der Waals surface area contributed by atoms with E-state index in [0.717, 1.165) is 12.8 Å². The summed E-state index contributed by atoms with van der Waals surface area (Å²) in [6, 6.07) is 6.98. The molecule has 1 unspecified atom stereocenters. The molecular weight excluding hydrogens is 244 g/mol. The number of anilines is 1. The number of hydrogen-bond acceptors (Lipinski definition) is 4. The molecule has 1 aromatic rings. The van der Waals surface area contributed by atoms with Gasteiger partial charge >= 0.3 is 0 Å². The summed E-state index contributed by atoms with van der Waals surface area (Å²) in [4.78, 5) is 11.7. The maximum absolute atomic E-state index is 11.7. The Labute approximate surface area is 114 Å². The van der Waals surface area contributed by atoms with E-state index in [1.165, 1.54) is 0 Å². The fraction of sp³-hybridized carbons (Fsp3) is 0.500. The van der Waals surface area contributed by atoms with Crippen molar-refractivity contribution in [3.63, 3.8) is 0 Å². The van der Waals surface area contributed by atoms with Crippen LogP contribution in [0, 0.1) is 0 Å². The molecule has 0 heterocycles. The van der Waals surface area contributed by atoms with Crippen LogP contribution >= 0.6 is 0 Å². The van der Waals surface area contributed by atoms with Gasteiger partial charge in [0.15, 0.2) is 6.61 Å². The topological polar surface area (TPSA) is 73.6 Å². The number of carbonyl (C=O) groups excluding carboxylic acids is 1. The first kappa shape index (κ1) is 15.3. The average Bonchev–Trinajstić information content (AvgIpc) is 2.39. The molecule has 1 aromatic carbocycles. The van der Waals surface area contributed by atoms with Crippen LogP contribution in [0.2, 0.25) is 0 Å². The number of ether oxygens (including phenoxy) is 2. The van der Waals surface area contributed by atoms with Crippen molar-refractivity contribution in [3.8, 4) is 5.75 Å². The predicted molar refractivity (Wildman–Crippen MR) is 75.1 cm³/mol. The number of benzene rings is 1. The minimum Gasteiger partial charge on any atom is -0.484 e. The lowest BCUT2D eigenvalue weighted by atomic mass is 10.2. The first-order chi connectivity index (χ1) is 9.15. The van der Waals surface area contributed by atoms with Crippen molar-refractivity contribution >= 4 is 11.6 Å². The molecule has 0 aliphatic rings. The Morgan fingerprint density at radius 2 is 2.05 bits per heavy atom. The molecule has 106 valence electrons. The summed E-state index contributed by atoms with van der Waals surface area (Å²) in [5, 5.41) is 2.89.